The molecule has 2 aromatic heterocycles. The van der Waals surface area contributed by atoms with Gasteiger partial charge in [-0.25, -0.2) is 4.68 Å². The number of fused-ring (bicyclic) bond motifs is 1. The predicted molar refractivity (Wildman–Crippen MR) is 71.9 cm³/mol. The quantitative estimate of drug-likeness (QED) is 0.883. The van der Waals surface area contributed by atoms with E-state index in [0.29, 0.717) is 6.04 Å². The van der Waals surface area contributed by atoms with Gasteiger partial charge < -0.3 is 5.32 Å². The second-order valence-electron chi connectivity index (χ2n) is 4.52. The highest BCUT2D eigenvalue weighted by atomic mass is 32.1. The van der Waals surface area contributed by atoms with Crippen molar-refractivity contribution in [3.05, 3.63) is 33.6 Å². The van der Waals surface area contributed by atoms with E-state index in [1.807, 2.05) is 11.3 Å². The smallest absolute Gasteiger partial charge is 0.125 e. The molecular weight excluding hydrogens is 230 g/mol. The maximum Gasteiger partial charge on any atom is 0.125 e. The molecular formula is C13H17N3S. The highest BCUT2D eigenvalue weighted by Gasteiger charge is 2.24. The van der Waals surface area contributed by atoms with Gasteiger partial charge in [0.15, 0.2) is 0 Å². The van der Waals surface area contributed by atoms with Crippen molar-refractivity contribution in [3.63, 3.8) is 0 Å². The number of rotatable bonds is 2. The third-order valence-electron chi connectivity index (χ3n) is 3.37. The van der Waals surface area contributed by atoms with E-state index >= 15 is 0 Å². The monoisotopic (exact) mass is 247 g/mol. The average molecular weight is 247 g/mol. The molecule has 1 atom stereocenters. The molecule has 3 nitrogen and oxygen atoms in total. The zero-order valence-corrected chi connectivity index (χ0v) is 11.0. The molecule has 4 heteroatoms. The van der Waals surface area contributed by atoms with Crippen molar-refractivity contribution in [2.24, 2.45) is 0 Å². The molecule has 2 aromatic rings. The summed E-state index contributed by atoms with van der Waals surface area (Å²) in [5, 5.41) is 10.3. The fourth-order valence-corrected chi connectivity index (χ4v) is 3.46. The van der Waals surface area contributed by atoms with Crippen LogP contribution in [0.5, 0.6) is 0 Å². The van der Waals surface area contributed by atoms with Crippen molar-refractivity contribution in [3.8, 4) is 0 Å². The lowest BCUT2D eigenvalue weighted by Gasteiger charge is -2.25. The molecule has 1 aliphatic rings. The minimum absolute atomic E-state index is 0.423. The number of thiophene rings is 1. The first-order valence-corrected chi connectivity index (χ1v) is 7.04. The molecule has 17 heavy (non-hydrogen) atoms. The van der Waals surface area contributed by atoms with E-state index < -0.39 is 0 Å². The van der Waals surface area contributed by atoms with Gasteiger partial charge in [-0.1, -0.05) is 6.92 Å². The first kappa shape index (κ1) is 10.8. The van der Waals surface area contributed by atoms with Gasteiger partial charge in [0.2, 0.25) is 0 Å². The largest absolute Gasteiger partial charge is 0.370 e. The maximum atomic E-state index is 4.71. The van der Waals surface area contributed by atoms with E-state index in [9.17, 15) is 0 Å². The fourth-order valence-electron chi connectivity index (χ4n) is 2.41. The summed E-state index contributed by atoms with van der Waals surface area (Å²) in [5.41, 5.74) is 2.56. The molecule has 0 fully saturated rings. The first-order valence-electron chi connectivity index (χ1n) is 6.16. The molecule has 3 rings (SSSR count). The van der Waals surface area contributed by atoms with Gasteiger partial charge in [-0.2, -0.15) is 5.10 Å². The van der Waals surface area contributed by atoms with Gasteiger partial charge in [0, 0.05) is 17.5 Å². The van der Waals surface area contributed by atoms with Crippen LogP contribution in [0.4, 0.5) is 5.82 Å². The summed E-state index contributed by atoms with van der Waals surface area (Å²) in [7, 11) is 0. The van der Waals surface area contributed by atoms with Crippen LogP contribution in [0.2, 0.25) is 0 Å². The highest BCUT2D eigenvalue weighted by Crippen LogP contribution is 2.34. The maximum absolute atomic E-state index is 4.71. The van der Waals surface area contributed by atoms with Crippen LogP contribution < -0.4 is 5.32 Å². The summed E-state index contributed by atoms with van der Waals surface area (Å²) in [4.78, 5) is 1.46. The van der Waals surface area contributed by atoms with E-state index in [2.05, 4.69) is 41.4 Å². The van der Waals surface area contributed by atoms with Crippen LogP contribution in [0.15, 0.2) is 17.5 Å². The Hall–Kier alpha value is -1.29. The topological polar surface area (TPSA) is 29.9 Å². The molecule has 0 aromatic carbocycles. The number of nitrogens with one attached hydrogen (secondary N) is 1. The van der Waals surface area contributed by atoms with Gasteiger partial charge in [0.25, 0.3) is 0 Å². The number of anilines is 1. The number of aryl methyl sites for hydroxylation is 2. The Kier molecular flexibility index (Phi) is 2.67. The molecule has 0 spiro atoms. The predicted octanol–water partition coefficient (Wildman–Crippen LogP) is 3.22. The van der Waals surface area contributed by atoms with Crippen LogP contribution in [0, 0.1) is 6.92 Å². The number of nitrogens with zero attached hydrogens (tertiary/aromatic N) is 2. The molecule has 90 valence electrons. The molecule has 0 saturated heterocycles. The van der Waals surface area contributed by atoms with Crippen molar-refractivity contribution < 1.29 is 0 Å². The fraction of sp³-hybridized carbons (Fsp3) is 0.462. The van der Waals surface area contributed by atoms with Gasteiger partial charge in [0.05, 0.1) is 11.7 Å². The van der Waals surface area contributed by atoms with Gasteiger partial charge >= 0.3 is 0 Å². The molecule has 1 N–H and O–H groups in total. The molecule has 0 aliphatic carbocycles. The van der Waals surface area contributed by atoms with Crippen LogP contribution >= 0.6 is 11.3 Å². The first-order chi connectivity index (χ1) is 8.29. The molecule has 0 saturated carbocycles. The van der Waals surface area contributed by atoms with Crippen LogP contribution in [-0.4, -0.2) is 16.3 Å². The minimum Gasteiger partial charge on any atom is -0.370 e. The Bertz CT molecular complexity index is 527. The Morgan fingerprint density at radius 2 is 2.47 bits per heavy atom. The lowest BCUT2D eigenvalue weighted by atomic mass is 10.1. The average Bonchev–Trinajstić information content (AvgIpc) is 2.93. The third-order valence-corrected chi connectivity index (χ3v) is 4.49. The number of hydrogen-bond donors (Lipinski definition) is 1. The van der Waals surface area contributed by atoms with E-state index in [-0.39, 0.29) is 0 Å². The highest BCUT2D eigenvalue weighted by molar-refractivity contribution is 7.10. The van der Waals surface area contributed by atoms with E-state index in [1.54, 1.807) is 0 Å². The summed E-state index contributed by atoms with van der Waals surface area (Å²) in [6.45, 7) is 5.38. The normalized spacial score (nSPS) is 18.8. The second kappa shape index (κ2) is 4.18. The Labute approximate surface area is 105 Å². The Morgan fingerprint density at radius 1 is 1.59 bits per heavy atom. The molecule has 1 aliphatic heterocycles. The summed E-state index contributed by atoms with van der Waals surface area (Å²) in [6.07, 6.45) is 2.12. The van der Waals surface area contributed by atoms with E-state index in [1.165, 1.54) is 22.0 Å². The van der Waals surface area contributed by atoms with Crippen LogP contribution in [0.1, 0.15) is 35.5 Å². The second-order valence-corrected chi connectivity index (χ2v) is 5.47. The number of aromatic nitrogens is 2. The van der Waals surface area contributed by atoms with Gasteiger partial charge in [-0.3, -0.25) is 0 Å². The standard InChI is InChI=1S/C13H17N3S/c1-3-10-8-12-14-6-4-11(16(12)15-10)13-9(2)5-7-17-13/h5,7-8,11,14H,3-4,6H2,1-2H3. The molecule has 0 radical (unpaired) electrons. The summed E-state index contributed by atoms with van der Waals surface area (Å²) >= 11 is 1.85. The van der Waals surface area contributed by atoms with Gasteiger partial charge in [-0.05, 0) is 36.8 Å². The molecule has 0 amide bonds. The summed E-state index contributed by atoms with van der Waals surface area (Å²) in [6, 6.07) is 4.80. The minimum atomic E-state index is 0.423. The zero-order chi connectivity index (χ0) is 11.8. The molecule has 1 unspecified atom stereocenters. The zero-order valence-electron chi connectivity index (χ0n) is 10.2. The van der Waals surface area contributed by atoms with Crippen molar-refractivity contribution in [1.29, 1.82) is 0 Å². The van der Waals surface area contributed by atoms with E-state index in [4.69, 9.17) is 5.10 Å². The van der Waals surface area contributed by atoms with Crippen molar-refractivity contribution in [1.82, 2.24) is 9.78 Å². The summed E-state index contributed by atoms with van der Waals surface area (Å²) < 4.78 is 2.17. The van der Waals surface area contributed by atoms with Crippen molar-refractivity contribution in [2.45, 2.75) is 32.7 Å². The Morgan fingerprint density at radius 3 is 3.18 bits per heavy atom. The van der Waals surface area contributed by atoms with Crippen molar-refractivity contribution in [2.75, 3.05) is 11.9 Å². The Balaban J connectivity index is 2.04. The van der Waals surface area contributed by atoms with Crippen LogP contribution in [-0.2, 0) is 6.42 Å². The third kappa shape index (κ3) is 1.76. The summed E-state index contributed by atoms with van der Waals surface area (Å²) in [5.74, 6) is 1.17. The van der Waals surface area contributed by atoms with E-state index in [0.717, 1.165) is 19.4 Å². The molecule has 3 heterocycles. The SMILES string of the molecule is CCc1cc2n(n1)C(c1sccc1C)CCN2. The van der Waals surface area contributed by atoms with Crippen molar-refractivity contribution >= 4 is 17.2 Å². The number of hydrogen-bond acceptors (Lipinski definition) is 3. The van der Waals surface area contributed by atoms with Gasteiger partial charge in [0.1, 0.15) is 5.82 Å². The lowest BCUT2D eigenvalue weighted by molar-refractivity contribution is 0.483. The van der Waals surface area contributed by atoms with Gasteiger partial charge in [-0.15, -0.1) is 11.3 Å². The van der Waals surface area contributed by atoms with Crippen LogP contribution in [0.3, 0.4) is 0 Å². The lowest BCUT2D eigenvalue weighted by Crippen LogP contribution is -2.24. The molecule has 0 bridgehead atoms. The van der Waals surface area contributed by atoms with Crippen LogP contribution in [0.25, 0.3) is 0 Å².